The summed E-state index contributed by atoms with van der Waals surface area (Å²) in [5, 5.41) is 18.2. The molecule has 2 aliphatic rings. The standard InChI is InChI=1S/C22H29FN6O3/c1-16-5-8-24-19(18(16)23)20(30)28-12-9-27(10-13-28)11-14-29-15-17(25-26-29)22(21(31)32)6-3-2-4-7-22/h5,8,15H,2-4,6-7,9-14H2,1H3,(H,31,32). The minimum absolute atomic E-state index is 0.122. The van der Waals surface area contributed by atoms with Gasteiger partial charge >= 0.3 is 5.97 Å². The summed E-state index contributed by atoms with van der Waals surface area (Å²) in [4.78, 5) is 32.4. The Bertz CT molecular complexity index is 980. The first-order chi connectivity index (χ1) is 15.4. The maximum atomic E-state index is 14.2. The van der Waals surface area contributed by atoms with Crippen LogP contribution < -0.4 is 0 Å². The molecule has 1 aliphatic carbocycles. The number of carboxylic acids is 1. The topological polar surface area (TPSA) is 104 Å². The Morgan fingerprint density at radius 1 is 1.12 bits per heavy atom. The number of rotatable bonds is 6. The quantitative estimate of drug-likeness (QED) is 0.725. The molecular formula is C22H29FN6O3. The van der Waals surface area contributed by atoms with Crippen LogP contribution in [0.2, 0.25) is 0 Å². The van der Waals surface area contributed by atoms with E-state index in [1.54, 1.807) is 28.8 Å². The van der Waals surface area contributed by atoms with Crippen LogP contribution in [0.4, 0.5) is 4.39 Å². The molecule has 1 amide bonds. The van der Waals surface area contributed by atoms with E-state index in [2.05, 4.69) is 20.2 Å². The molecule has 0 atom stereocenters. The summed E-state index contributed by atoms with van der Waals surface area (Å²) >= 11 is 0. The molecule has 0 aromatic carbocycles. The highest BCUT2D eigenvalue weighted by Crippen LogP contribution is 2.38. The minimum Gasteiger partial charge on any atom is -0.481 e. The molecule has 0 radical (unpaired) electrons. The summed E-state index contributed by atoms with van der Waals surface area (Å²) < 4.78 is 15.9. The largest absolute Gasteiger partial charge is 0.481 e. The van der Waals surface area contributed by atoms with E-state index < -0.39 is 17.2 Å². The summed E-state index contributed by atoms with van der Waals surface area (Å²) in [6.45, 7) is 5.25. The molecule has 0 unspecified atom stereocenters. The lowest BCUT2D eigenvalue weighted by atomic mass is 9.72. The van der Waals surface area contributed by atoms with Crippen LogP contribution in [0.15, 0.2) is 18.5 Å². The van der Waals surface area contributed by atoms with Crippen molar-refractivity contribution in [2.24, 2.45) is 0 Å². The molecule has 1 N–H and O–H groups in total. The van der Waals surface area contributed by atoms with Crippen LogP contribution in [-0.2, 0) is 16.8 Å². The second-order valence-corrected chi connectivity index (χ2v) is 8.74. The molecule has 10 heteroatoms. The average Bonchev–Trinajstić information content (AvgIpc) is 3.29. The van der Waals surface area contributed by atoms with Crippen molar-refractivity contribution in [3.8, 4) is 0 Å². The van der Waals surface area contributed by atoms with Gasteiger partial charge in [-0.1, -0.05) is 24.5 Å². The third-order valence-corrected chi connectivity index (χ3v) is 6.74. The van der Waals surface area contributed by atoms with Crippen molar-refractivity contribution in [1.82, 2.24) is 29.8 Å². The molecule has 2 aromatic heterocycles. The molecule has 4 rings (SSSR count). The molecule has 172 valence electrons. The number of carboxylic acid groups (broad SMARTS) is 1. The monoisotopic (exact) mass is 444 g/mol. The van der Waals surface area contributed by atoms with Gasteiger partial charge in [-0.2, -0.15) is 0 Å². The van der Waals surface area contributed by atoms with Crippen LogP contribution in [0.25, 0.3) is 0 Å². The maximum absolute atomic E-state index is 14.2. The maximum Gasteiger partial charge on any atom is 0.315 e. The van der Waals surface area contributed by atoms with Gasteiger partial charge in [0.15, 0.2) is 11.5 Å². The highest BCUT2D eigenvalue weighted by atomic mass is 19.1. The minimum atomic E-state index is -0.915. The fourth-order valence-electron chi connectivity index (χ4n) is 4.62. The molecule has 1 saturated heterocycles. The average molecular weight is 445 g/mol. The Morgan fingerprint density at radius 3 is 2.53 bits per heavy atom. The number of aliphatic carboxylic acids is 1. The molecule has 2 fully saturated rings. The van der Waals surface area contributed by atoms with Crippen molar-refractivity contribution in [2.75, 3.05) is 32.7 Å². The van der Waals surface area contributed by atoms with Gasteiger partial charge in [0, 0.05) is 45.1 Å². The number of carbonyl (C=O) groups is 2. The van der Waals surface area contributed by atoms with Gasteiger partial charge in [-0.15, -0.1) is 5.10 Å². The lowest BCUT2D eigenvalue weighted by Gasteiger charge is -2.34. The lowest BCUT2D eigenvalue weighted by Crippen LogP contribution is -2.49. The van der Waals surface area contributed by atoms with Gasteiger partial charge in [-0.05, 0) is 31.4 Å². The number of piperazine rings is 1. The van der Waals surface area contributed by atoms with E-state index in [1.165, 1.54) is 6.20 Å². The number of carbonyl (C=O) groups excluding carboxylic acids is 1. The highest BCUT2D eigenvalue weighted by molar-refractivity contribution is 5.92. The van der Waals surface area contributed by atoms with Gasteiger partial charge in [-0.3, -0.25) is 19.2 Å². The van der Waals surface area contributed by atoms with Crippen LogP contribution >= 0.6 is 0 Å². The molecule has 32 heavy (non-hydrogen) atoms. The summed E-state index contributed by atoms with van der Waals surface area (Å²) in [6, 6.07) is 1.55. The van der Waals surface area contributed by atoms with Crippen LogP contribution in [0, 0.1) is 12.7 Å². The smallest absolute Gasteiger partial charge is 0.315 e. The van der Waals surface area contributed by atoms with Crippen molar-refractivity contribution in [1.29, 1.82) is 0 Å². The third kappa shape index (κ3) is 4.36. The number of hydrogen-bond donors (Lipinski definition) is 1. The van der Waals surface area contributed by atoms with Crippen molar-refractivity contribution in [2.45, 2.75) is 51.0 Å². The second-order valence-electron chi connectivity index (χ2n) is 8.74. The SMILES string of the molecule is Cc1ccnc(C(=O)N2CCN(CCn3cc(C4(C(=O)O)CCCCC4)nn3)CC2)c1F. The molecule has 9 nitrogen and oxygen atoms in total. The van der Waals surface area contributed by atoms with Crippen LogP contribution in [0.1, 0.15) is 53.8 Å². The van der Waals surface area contributed by atoms with Gasteiger partial charge in [-0.25, -0.2) is 9.37 Å². The van der Waals surface area contributed by atoms with Gasteiger partial charge < -0.3 is 10.0 Å². The summed E-state index contributed by atoms with van der Waals surface area (Å²) in [5.41, 5.74) is -0.0785. The van der Waals surface area contributed by atoms with Gasteiger partial charge in [0.2, 0.25) is 0 Å². The Morgan fingerprint density at radius 2 is 1.84 bits per heavy atom. The zero-order chi connectivity index (χ0) is 22.7. The van der Waals surface area contributed by atoms with Crippen molar-refractivity contribution in [3.63, 3.8) is 0 Å². The van der Waals surface area contributed by atoms with E-state index in [4.69, 9.17) is 0 Å². The number of pyridine rings is 1. The number of amides is 1. The van der Waals surface area contributed by atoms with Crippen molar-refractivity contribution < 1.29 is 19.1 Å². The Hall–Kier alpha value is -2.88. The van der Waals surface area contributed by atoms with Crippen molar-refractivity contribution in [3.05, 3.63) is 41.2 Å². The second kappa shape index (κ2) is 9.32. The van der Waals surface area contributed by atoms with Crippen LogP contribution in [0.5, 0.6) is 0 Å². The number of aromatic nitrogens is 4. The first kappa shape index (κ1) is 22.3. The molecular weight excluding hydrogens is 415 g/mol. The van der Waals surface area contributed by atoms with E-state index >= 15 is 0 Å². The molecule has 2 aromatic rings. The fraction of sp³-hybridized carbons (Fsp3) is 0.591. The Labute approximate surface area is 186 Å². The molecule has 3 heterocycles. The Balaban J connectivity index is 1.31. The lowest BCUT2D eigenvalue weighted by molar-refractivity contribution is -0.145. The first-order valence-corrected chi connectivity index (χ1v) is 11.2. The van der Waals surface area contributed by atoms with E-state index in [0.717, 1.165) is 19.3 Å². The van der Waals surface area contributed by atoms with E-state index in [9.17, 15) is 19.1 Å². The third-order valence-electron chi connectivity index (χ3n) is 6.74. The number of nitrogens with zero attached hydrogens (tertiary/aromatic N) is 6. The predicted molar refractivity (Wildman–Crippen MR) is 114 cm³/mol. The molecule has 0 bridgehead atoms. The number of hydrogen-bond acceptors (Lipinski definition) is 6. The number of halogens is 1. The van der Waals surface area contributed by atoms with Crippen LogP contribution in [-0.4, -0.2) is 79.5 Å². The summed E-state index contributed by atoms with van der Waals surface area (Å²) in [5.74, 6) is -1.75. The molecule has 0 spiro atoms. The van der Waals surface area contributed by atoms with E-state index in [1.807, 2.05) is 0 Å². The fourth-order valence-corrected chi connectivity index (χ4v) is 4.62. The predicted octanol–water partition coefficient (Wildman–Crippen LogP) is 1.87. The van der Waals surface area contributed by atoms with E-state index in [0.29, 0.717) is 63.4 Å². The molecule has 1 saturated carbocycles. The zero-order valence-electron chi connectivity index (χ0n) is 18.3. The number of aryl methyl sites for hydroxylation is 1. The van der Waals surface area contributed by atoms with Gasteiger partial charge in [0.05, 0.1) is 12.2 Å². The summed E-state index contributed by atoms with van der Waals surface area (Å²) in [7, 11) is 0. The van der Waals surface area contributed by atoms with Gasteiger partial charge in [0.25, 0.3) is 5.91 Å². The van der Waals surface area contributed by atoms with Gasteiger partial charge in [0.1, 0.15) is 5.41 Å². The molecule has 1 aliphatic heterocycles. The van der Waals surface area contributed by atoms with Crippen molar-refractivity contribution >= 4 is 11.9 Å². The Kier molecular flexibility index (Phi) is 6.50. The van der Waals surface area contributed by atoms with Crippen LogP contribution in [0.3, 0.4) is 0 Å². The zero-order valence-corrected chi connectivity index (χ0v) is 18.3. The summed E-state index contributed by atoms with van der Waals surface area (Å²) in [6.07, 6.45) is 7.28. The highest BCUT2D eigenvalue weighted by Gasteiger charge is 2.43. The van der Waals surface area contributed by atoms with E-state index in [-0.39, 0.29) is 11.6 Å². The first-order valence-electron chi connectivity index (χ1n) is 11.2. The normalized spacial score (nSPS) is 19.1.